The average molecular weight is 383 g/mol. The molecule has 2 unspecified atom stereocenters. The van der Waals surface area contributed by atoms with Gasteiger partial charge in [0.2, 0.25) is 0 Å². The second kappa shape index (κ2) is 7.71. The van der Waals surface area contributed by atoms with Crippen molar-refractivity contribution < 1.29 is 32.9 Å². The molecule has 0 aliphatic heterocycles. The summed E-state index contributed by atoms with van der Waals surface area (Å²) in [5.41, 5.74) is -0.0662. The van der Waals surface area contributed by atoms with Crippen molar-refractivity contribution in [2.45, 2.75) is 17.0 Å². The first-order valence-electron chi connectivity index (χ1n) is 7.51. The van der Waals surface area contributed by atoms with Crippen LogP contribution in [0.15, 0.2) is 47.4 Å². The van der Waals surface area contributed by atoms with Gasteiger partial charge >= 0.3 is 0 Å². The first kappa shape index (κ1) is 19.7. The van der Waals surface area contributed by atoms with Crippen molar-refractivity contribution in [3.63, 3.8) is 0 Å². The van der Waals surface area contributed by atoms with E-state index in [1.807, 2.05) is 0 Å². The number of hydrogen-bond donors (Lipinski definition) is 4. The molecule has 0 aliphatic rings. The van der Waals surface area contributed by atoms with E-state index in [0.29, 0.717) is 0 Å². The summed E-state index contributed by atoms with van der Waals surface area (Å²) in [5, 5.41) is 31.6. The van der Waals surface area contributed by atoms with Crippen LogP contribution in [0.3, 0.4) is 0 Å². The second-order valence-corrected chi connectivity index (χ2v) is 7.71. The molecule has 0 fully saturated rings. The summed E-state index contributed by atoms with van der Waals surface area (Å²) in [6.07, 6.45) is -0.415. The highest BCUT2D eigenvalue weighted by Crippen LogP contribution is 2.28. The number of sulfone groups is 1. The fraction of sp³-hybridized carbons (Fsp3) is 0.235. The minimum absolute atomic E-state index is 0.0407. The maximum Gasteiger partial charge on any atom is 0.255 e. The molecule has 26 heavy (non-hydrogen) atoms. The average Bonchev–Trinajstić information content (AvgIpc) is 2.60. The lowest BCUT2D eigenvalue weighted by molar-refractivity contribution is 0.0789. The standard InChI is InChI=1S/C17H18FNO6S/c1-26(24,25)11-7-5-10(6-8-11)15(21)13(9-18)19-17(23)12-3-2-4-14(20)16(12)22/h2-8,13,15,20-22H,9H2,1H3,(H,19,23). The van der Waals surface area contributed by atoms with Gasteiger partial charge in [-0.15, -0.1) is 0 Å². The van der Waals surface area contributed by atoms with Gasteiger partial charge in [0.1, 0.15) is 12.8 Å². The summed E-state index contributed by atoms with van der Waals surface area (Å²) in [4.78, 5) is 12.2. The van der Waals surface area contributed by atoms with Crippen molar-refractivity contribution in [3.05, 3.63) is 53.6 Å². The number of carbonyl (C=O) groups is 1. The van der Waals surface area contributed by atoms with Gasteiger partial charge in [0.25, 0.3) is 5.91 Å². The van der Waals surface area contributed by atoms with Crippen LogP contribution in [-0.2, 0) is 9.84 Å². The Labute approximate surface area is 149 Å². The van der Waals surface area contributed by atoms with Gasteiger partial charge in [0, 0.05) is 6.26 Å². The number of aliphatic hydroxyl groups excluding tert-OH is 1. The van der Waals surface area contributed by atoms with Crippen molar-refractivity contribution in [1.82, 2.24) is 5.32 Å². The molecule has 0 saturated heterocycles. The highest BCUT2D eigenvalue weighted by atomic mass is 32.2. The Balaban J connectivity index is 2.19. The van der Waals surface area contributed by atoms with Crippen LogP contribution >= 0.6 is 0 Å². The molecule has 0 heterocycles. The summed E-state index contributed by atoms with van der Waals surface area (Å²) in [7, 11) is -3.41. The zero-order chi connectivity index (χ0) is 19.5. The van der Waals surface area contributed by atoms with Gasteiger partial charge in [-0.1, -0.05) is 18.2 Å². The fourth-order valence-corrected chi connectivity index (χ4v) is 2.94. The van der Waals surface area contributed by atoms with Gasteiger partial charge in [-0.3, -0.25) is 4.79 Å². The zero-order valence-corrected chi connectivity index (χ0v) is 14.6. The Hall–Kier alpha value is -2.65. The van der Waals surface area contributed by atoms with Crippen LogP contribution in [0, 0.1) is 0 Å². The normalized spacial score (nSPS) is 13.8. The zero-order valence-electron chi connectivity index (χ0n) is 13.8. The van der Waals surface area contributed by atoms with Crippen LogP contribution < -0.4 is 5.32 Å². The largest absolute Gasteiger partial charge is 0.504 e. The first-order valence-corrected chi connectivity index (χ1v) is 9.40. The number of alkyl halides is 1. The molecule has 1 amide bonds. The summed E-state index contributed by atoms with van der Waals surface area (Å²) in [6, 6.07) is 7.58. The van der Waals surface area contributed by atoms with Crippen LogP contribution in [0.5, 0.6) is 11.5 Å². The number of aliphatic hydroxyl groups is 1. The van der Waals surface area contributed by atoms with Crippen LogP contribution in [0.2, 0.25) is 0 Å². The Morgan fingerprint density at radius 2 is 1.77 bits per heavy atom. The molecule has 7 nitrogen and oxygen atoms in total. The number of hydrogen-bond acceptors (Lipinski definition) is 6. The van der Waals surface area contributed by atoms with Crippen LogP contribution in [0.4, 0.5) is 4.39 Å². The summed E-state index contributed by atoms with van der Waals surface area (Å²) >= 11 is 0. The Bertz CT molecular complexity index is 898. The highest BCUT2D eigenvalue weighted by molar-refractivity contribution is 7.90. The molecule has 0 aromatic heterocycles. The van der Waals surface area contributed by atoms with E-state index in [2.05, 4.69) is 5.32 Å². The number of benzene rings is 2. The lowest BCUT2D eigenvalue weighted by Gasteiger charge is -2.22. The highest BCUT2D eigenvalue weighted by Gasteiger charge is 2.25. The molecule has 9 heteroatoms. The quantitative estimate of drug-likeness (QED) is 0.558. The number of carbonyl (C=O) groups excluding carboxylic acids is 1. The predicted octanol–water partition coefficient (Wildman–Crippen LogP) is 1.30. The van der Waals surface area contributed by atoms with Gasteiger partial charge in [0.15, 0.2) is 21.3 Å². The van der Waals surface area contributed by atoms with E-state index in [1.165, 1.54) is 42.5 Å². The number of nitrogens with one attached hydrogen (secondary N) is 1. The molecule has 4 N–H and O–H groups in total. The number of para-hydroxylation sites is 1. The van der Waals surface area contributed by atoms with Crippen molar-refractivity contribution in [3.8, 4) is 11.5 Å². The number of halogens is 1. The summed E-state index contributed by atoms with van der Waals surface area (Å²) < 4.78 is 36.2. The maximum absolute atomic E-state index is 13.3. The predicted molar refractivity (Wildman–Crippen MR) is 91.5 cm³/mol. The lowest BCUT2D eigenvalue weighted by Crippen LogP contribution is -2.41. The van der Waals surface area contributed by atoms with Crippen molar-refractivity contribution in [1.29, 1.82) is 0 Å². The third-order valence-electron chi connectivity index (χ3n) is 3.77. The van der Waals surface area contributed by atoms with Gasteiger partial charge in [0.05, 0.1) is 16.5 Å². The first-order chi connectivity index (χ1) is 12.1. The van der Waals surface area contributed by atoms with E-state index in [4.69, 9.17) is 0 Å². The van der Waals surface area contributed by atoms with Crippen molar-refractivity contribution >= 4 is 15.7 Å². The molecule has 2 aromatic rings. The molecule has 2 aromatic carbocycles. The molecule has 0 spiro atoms. The Morgan fingerprint density at radius 1 is 1.15 bits per heavy atom. The van der Waals surface area contributed by atoms with Gasteiger partial charge < -0.3 is 20.6 Å². The van der Waals surface area contributed by atoms with E-state index in [1.54, 1.807) is 0 Å². The van der Waals surface area contributed by atoms with E-state index in [-0.39, 0.29) is 16.0 Å². The molecule has 0 bridgehead atoms. The smallest absolute Gasteiger partial charge is 0.255 e. The molecule has 0 radical (unpaired) electrons. The van der Waals surface area contributed by atoms with E-state index in [0.717, 1.165) is 6.26 Å². The summed E-state index contributed by atoms with van der Waals surface area (Å²) in [5.74, 6) is -2.05. The topological polar surface area (TPSA) is 124 Å². The lowest BCUT2D eigenvalue weighted by atomic mass is 10.0. The number of aromatic hydroxyl groups is 2. The Kier molecular flexibility index (Phi) is 5.83. The van der Waals surface area contributed by atoms with Crippen molar-refractivity contribution in [2.24, 2.45) is 0 Å². The monoisotopic (exact) mass is 383 g/mol. The number of phenolic OH excluding ortho intramolecular Hbond substituents is 2. The second-order valence-electron chi connectivity index (χ2n) is 5.69. The molecular formula is C17H18FNO6S. The fourth-order valence-electron chi connectivity index (χ4n) is 2.31. The third kappa shape index (κ3) is 4.30. The minimum atomic E-state index is -3.41. The van der Waals surface area contributed by atoms with Gasteiger partial charge in [-0.05, 0) is 29.8 Å². The third-order valence-corrected chi connectivity index (χ3v) is 4.90. The van der Waals surface area contributed by atoms with Gasteiger partial charge in [-0.2, -0.15) is 0 Å². The SMILES string of the molecule is CS(=O)(=O)c1ccc(C(O)C(CF)NC(=O)c2cccc(O)c2O)cc1. The molecule has 0 aliphatic carbocycles. The van der Waals surface area contributed by atoms with Crippen LogP contribution in [-0.4, -0.2) is 48.6 Å². The van der Waals surface area contributed by atoms with E-state index in [9.17, 15) is 32.9 Å². The summed E-state index contributed by atoms with van der Waals surface area (Å²) in [6.45, 7) is -1.11. The van der Waals surface area contributed by atoms with Crippen LogP contribution in [0.1, 0.15) is 22.0 Å². The Morgan fingerprint density at radius 3 is 2.31 bits per heavy atom. The molecule has 2 atom stereocenters. The number of phenols is 2. The molecule has 2 rings (SSSR count). The number of rotatable bonds is 6. The van der Waals surface area contributed by atoms with Crippen molar-refractivity contribution in [2.75, 3.05) is 12.9 Å². The van der Waals surface area contributed by atoms with E-state index < -0.39 is 46.1 Å². The molecule has 140 valence electrons. The number of amides is 1. The maximum atomic E-state index is 13.3. The minimum Gasteiger partial charge on any atom is -0.504 e. The van der Waals surface area contributed by atoms with E-state index >= 15 is 0 Å². The molecular weight excluding hydrogens is 365 g/mol. The molecule has 0 saturated carbocycles. The van der Waals surface area contributed by atoms with Gasteiger partial charge in [-0.25, -0.2) is 12.8 Å². The van der Waals surface area contributed by atoms with Crippen LogP contribution in [0.25, 0.3) is 0 Å².